The van der Waals surface area contributed by atoms with Crippen molar-refractivity contribution in [1.29, 1.82) is 0 Å². The Hall–Kier alpha value is -1.09. The highest BCUT2D eigenvalue weighted by Crippen LogP contribution is 2.26. The summed E-state index contributed by atoms with van der Waals surface area (Å²) in [6.45, 7) is 1.58. The number of H-pyrrole nitrogens is 1. The molecule has 102 valence electrons. The van der Waals surface area contributed by atoms with Crippen LogP contribution in [0.5, 0.6) is 0 Å². The molecule has 3 N–H and O–H groups in total. The Balaban J connectivity index is 0.000000771. The lowest BCUT2D eigenvalue weighted by atomic mass is 10.2. The number of aryl methyl sites for hydroxylation is 1. The average Bonchev–Trinajstić information content (AvgIpc) is 2.85. The summed E-state index contributed by atoms with van der Waals surface area (Å²) in [4.78, 5) is 24.9. The summed E-state index contributed by atoms with van der Waals surface area (Å²) in [5.74, 6) is 0. The van der Waals surface area contributed by atoms with E-state index in [-0.39, 0.29) is 24.5 Å². The van der Waals surface area contributed by atoms with Gasteiger partial charge in [-0.3, -0.25) is 14.3 Å². The molecule has 1 saturated heterocycles. The van der Waals surface area contributed by atoms with Gasteiger partial charge in [0.05, 0.1) is 12.7 Å². The summed E-state index contributed by atoms with van der Waals surface area (Å²) < 4.78 is 13.5. The number of aromatic nitrogens is 2. The molecule has 0 saturated carbocycles. The van der Waals surface area contributed by atoms with Gasteiger partial charge in [-0.25, -0.2) is 4.79 Å². The minimum Gasteiger partial charge on any atom is -0.394 e. The molecular formula is C10H16N2O5S. The molecule has 0 radical (unpaired) electrons. The van der Waals surface area contributed by atoms with Crippen molar-refractivity contribution >= 4 is 12.9 Å². The van der Waals surface area contributed by atoms with Crippen molar-refractivity contribution in [2.45, 2.75) is 32.1 Å². The number of nitrogens with zero attached hydrogens (tertiary/aromatic N) is 1. The molecule has 1 fully saturated rings. The van der Waals surface area contributed by atoms with E-state index in [1.165, 1.54) is 10.8 Å². The minimum absolute atomic E-state index is 0.0480. The van der Waals surface area contributed by atoms with E-state index in [0.717, 1.165) is 0 Å². The molecule has 7 nitrogen and oxygen atoms in total. The second-order valence-corrected chi connectivity index (χ2v) is 3.95. The van der Waals surface area contributed by atoms with Crippen LogP contribution in [-0.4, -0.2) is 31.9 Å². The van der Waals surface area contributed by atoms with Gasteiger partial charge in [-0.05, 0) is 32.7 Å². The zero-order valence-electron chi connectivity index (χ0n) is 9.87. The van der Waals surface area contributed by atoms with Crippen LogP contribution in [0.3, 0.4) is 0 Å². The van der Waals surface area contributed by atoms with Gasteiger partial charge in [0.25, 0.3) is 5.56 Å². The van der Waals surface area contributed by atoms with Crippen LogP contribution in [0.25, 0.3) is 0 Å². The van der Waals surface area contributed by atoms with Crippen LogP contribution >= 0.6 is 12.9 Å². The highest BCUT2D eigenvalue weighted by Gasteiger charge is 2.26. The summed E-state index contributed by atoms with van der Waals surface area (Å²) in [6, 6.07) is 0. The van der Waals surface area contributed by atoms with Crippen LogP contribution < -0.4 is 11.2 Å². The number of aliphatic hydroxyl groups is 1. The lowest BCUT2D eigenvalue weighted by Crippen LogP contribution is -2.33. The fraction of sp³-hybridized carbons (Fsp3) is 0.600. The molecule has 1 aromatic heterocycles. The summed E-state index contributed by atoms with van der Waals surface area (Å²) >= 11 is 2.53. The smallest absolute Gasteiger partial charge is 0.330 e. The molecule has 0 spiro atoms. The Morgan fingerprint density at radius 3 is 2.72 bits per heavy atom. The third-order valence-corrected chi connectivity index (χ3v) is 2.74. The molecule has 0 aliphatic carbocycles. The van der Waals surface area contributed by atoms with Crippen LogP contribution in [0.15, 0.2) is 15.8 Å². The predicted octanol–water partition coefficient (Wildman–Crippen LogP) is -0.0959. The van der Waals surface area contributed by atoms with E-state index in [4.69, 9.17) is 14.4 Å². The third kappa shape index (κ3) is 3.22. The number of thiol groups is 1. The van der Waals surface area contributed by atoms with Gasteiger partial charge in [0.1, 0.15) is 6.23 Å². The first-order valence-corrected chi connectivity index (χ1v) is 5.80. The topological polar surface area (TPSA) is 105 Å². The molecule has 0 amide bonds. The SMILES string of the molecule is Cc1cn(C2CCC(CO)O2)c(=O)[nH]c1=O.OS. The monoisotopic (exact) mass is 276 g/mol. The number of hydrogen-bond donors (Lipinski definition) is 4. The van der Waals surface area contributed by atoms with Gasteiger partial charge < -0.3 is 14.4 Å². The van der Waals surface area contributed by atoms with Gasteiger partial charge in [0.15, 0.2) is 0 Å². The van der Waals surface area contributed by atoms with Gasteiger partial charge in [-0.15, -0.1) is 0 Å². The van der Waals surface area contributed by atoms with Gasteiger partial charge in [-0.2, -0.15) is 0 Å². The standard InChI is InChI=1S/C10H14N2O4.H2OS/c1-6-4-12(10(15)11-9(6)14)8-3-2-7(5-13)16-8;1-2/h4,7-8,13H,2-3,5H2,1H3,(H,11,14,15);1-2H. The number of aromatic amines is 1. The summed E-state index contributed by atoms with van der Waals surface area (Å²) in [5.41, 5.74) is -0.382. The molecule has 8 heteroatoms. The van der Waals surface area contributed by atoms with E-state index in [0.29, 0.717) is 18.4 Å². The lowest BCUT2D eigenvalue weighted by Gasteiger charge is -2.14. The molecule has 2 heterocycles. The maximum absolute atomic E-state index is 11.5. The Labute approximate surface area is 109 Å². The van der Waals surface area contributed by atoms with Crippen molar-refractivity contribution in [3.63, 3.8) is 0 Å². The lowest BCUT2D eigenvalue weighted by molar-refractivity contribution is -0.0247. The zero-order chi connectivity index (χ0) is 13.7. The second-order valence-electron chi connectivity index (χ2n) is 3.95. The van der Waals surface area contributed by atoms with Crippen LogP contribution in [-0.2, 0) is 4.74 Å². The van der Waals surface area contributed by atoms with E-state index in [1.807, 2.05) is 0 Å². The van der Waals surface area contributed by atoms with Crippen molar-refractivity contribution in [1.82, 2.24) is 9.55 Å². The number of ether oxygens (including phenoxy) is 1. The van der Waals surface area contributed by atoms with Crippen molar-refractivity contribution in [3.05, 3.63) is 32.6 Å². The van der Waals surface area contributed by atoms with Gasteiger partial charge >= 0.3 is 5.69 Å². The highest BCUT2D eigenvalue weighted by molar-refractivity contribution is 7.74. The Kier molecular flexibility index (Phi) is 5.60. The van der Waals surface area contributed by atoms with Crippen molar-refractivity contribution < 1.29 is 14.4 Å². The molecule has 1 aliphatic rings. The summed E-state index contributed by atoms with van der Waals surface area (Å²) in [5, 5.41) is 8.93. The van der Waals surface area contributed by atoms with Crippen LogP contribution in [0.1, 0.15) is 24.6 Å². The largest absolute Gasteiger partial charge is 0.394 e. The maximum Gasteiger partial charge on any atom is 0.330 e. The van der Waals surface area contributed by atoms with Crippen molar-refractivity contribution in [3.8, 4) is 0 Å². The first kappa shape index (κ1) is 15.0. The van der Waals surface area contributed by atoms with E-state index in [9.17, 15) is 9.59 Å². The Bertz CT molecular complexity index is 498. The van der Waals surface area contributed by atoms with E-state index < -0.39 is 5.69 Å². The molecule has 0 aromatic carbocycles. The molecule has 2 atom stereocenters. The van der Waals surface area contributed by atoms with Crippen LogP contribution in [0.4, 0.5) is 0 Å². The number of hydrogen-bond acceptors (Lipinski definition) is 6. The first-order valence-electron chi connectivity index (χ1n) is 5.40. The summed E-state index contributed by atoms with van der Waals surface area (Å²) in [6.07, 6.45) is 2.26. The van der Waals surface area contributed by atoms with E-state index in [2.05, 4.69) is 17.9 Å². The van der Waals surface area contributed by atoms with Crippen molar-refractivity contribution in [2.75, 3.05) is 6.61 Å². The molecule has 18 heavy (non-hydrogen) atoms. The second kappa shape index (κ2) is 6.74. The maximum atomic E-state index is 11.5. The van der Waals surface area contributed by atoms with E-state index >= 15 is 0 Å². The van der Waals surface area contributed by atoms with Crippen LogP contribution in [0.2, 0.25) is 0 Å². The zero-order valence-corrected chi connectivity index (χ0v) is 10.8. The molecule has 0 bridgehead atoms. The summed E-state index contributed by atoms with van der Waals surface area (Å²) in [7, 11) is 0. The Morgan fingerprint density at radius 1 is 1.50 bits per heavy atom. The minimum atomic E-state index is -0.473. The quantitative estimate of drug-likeness (QED) is 0.446. The third-order valence-electron chi connectivity index (χ3n) is 2.74. The fourth-order valence-electron chi connectivity index (χ4n) is 1.83. The van der Waals surface area contributed by atoms with Gasteiger partial charge in [0, 0.05) is 11.8 Å². The molecule has 2 rings (SSSR count). The molecule has 1 aromatic rings. The highest BCUT2D eigenvalue weighted by atomic mass is 32.1. The van der Waals surface area contributed by atoms with Gasteiger partial charge in [0.2, 0.25) is 0 Å². The van der Waals surface area contributed by atoms with Crippen LogP contribution in [0, 0.1) is 6.92 Å². The normalized spacial score (nSPS) is 22.4. The fourth-order valence-corrected chi connectivity index (χ4v) is 1.83. The molecular weight excluding hydrogens is 260 g/mol. The predicted molar refractivity (Wildman–Crippen MR) is 67.9 cm³/mol. The molecule has 2 unspecified atom stereocenters. The Morgan fingerprint density at radius 2 is 2.17 bits per heavy atom. The first-order chi connectivity index (χ1) is 8.61. The van der Waals surface area contributed by atoms with E-state index in [1.54, 1.807) is 6.92 Å². The number of rotatable bonds is 2. The molecule has 1 aliphatic heterocycles. The average molecular weight is 276 g/mol. The van der Waals surface area contributed by atoms with Gasteiger partial charge in [-0.1, -0.05) is 0 Å². The van der Waals surface area contributed by atoms with Crippen molar-refractivity contribution in [2.24, 2.45) is 0 Å². The number of nitrogens with one attached hydrogen (secondary N) is 1. The number of aliphatic hydroxyl groups excluding tert-OH is 1.